The Morgan fingerprint density at radius 1 is 0.706 bits per heavy atom. The van der Waals surface area contributed by atoms with Crippen LogP contribution in [0.1, 0.15) is 17.2 Å². The van der Waals surface area contributed by atoms with Crippen molar-refractivity contribution in [1.82, 2.24) is 9.88 Å². The molecule has 0 radical (unpaired) electrons. The van der Waals surface area contributed by atoms with Crippen LogP contribution in [-0.2, 0) is 0 Å². The van der Waals surface area contributed by atoms with Gasteiger partial charge < -0.3 is 9.88 Å². The normalized spacial score (nSPS) is 15.9. The molecule has 1 unspecified atom stereocenters. The fourth-order valence-corrected chi connectivity index (χ4v) is 5.86. The Hall–Kier alpha value is -4.15. The standard InChI is InChI=1S/C30H21N3S/c1-3-9-20(10-4-1)29-26(19-31-30(32-29)21-11-5-2-6-12-21)33-24-14-8-7-13-22(24)28-23-17-18-34-27(23)16-15-25(28)33/h1-19,29H,(H,31,32). The van der Waals surface area contributed by atoms with E-state index >= 15 is 0 Å². The molecule has 0 saturated carbocycles. The van der Waals surface area contributed by atoms with Crippen molar-refractivity contribution in [1.29, 1.82) is 0 Å². The van der Waals surface area contributed by atoms with Crippen LogP contribution < -0.4 is 5.32 Å². The van der Waals surface area contributed by atoms with Gasteiger partial charge in [-0.3, -0.25) is 4.99 Å². The minimum absolute atomic E-state index is 0.130. The first-order chi connectivity index (χ1) is 16.9. The van der Waals surface area contributed by atoms with E-state index in [4.69, 9.17) is 4.99 Å². The van der Waals surface area contributed by atoms with Gasteiger partial charge >= 0.3 is 0 Å². The van der Waals surface area contributed by atoms with Crippen molar-refractivity contribution < 1.29 is 0 Å². The van der Waals surface area contributed by atoms with Crippen molar-refractivity contribution >= 4 is 54.8 Å². The molecule has 3 nitrogen and oxygen atoms in total. The van der Waals surface area contributed by atoms with Gasteiger partial charge in [0, 0.05) is 32.6 Å². The lowest BCUT2D eigenvalue weighted by molar-refractivity contribution is 0.845. The lowest BCUT2D eigenvalue weighted by Crippen LogP contribution is -2.26. The van der Waals surface area contributed by atoms with E-state index in [1.165, 1.54) is 37.5 Å². The Kier molecular flexibility index (Phi) is 4.39. The molecule has 1 aliphatic rings. The number of aromatic nitrogens is 1. The Balaban J connectivity index is 1.50. The molecule has 0 aliphatic carbocycles. The van der Waals surface area contributed by atoms with Crippen LogP contribution in [0.25, 0.3) is 37.6 Å². The highest BCUT2D eigenvalue weighted by Crippen LogP contribution is 2.42. The zero-order valence-electron chi connectivity index (χ0n) is 18.3. The van der Waals surface area contributed by atoms with Gasteiger partial charge in [-0.25, -0.2) is 0 Å². The van der Waals surface area contributed by atoms with Gasteiger partial charge in [-0.2, -0.15) is 0 Å². The highest BCUT2D eigenvalue weighted by molar-refractivity contribution is 7.17. The Morgan fingerprint density at radius 2 is 1.47 bits per heavy atom. The summed E-state index contributed by atoms with van der Waals surface area (Å²) < 4.78 is 3.70. The third kappa shape index (κ3) is 2.93. The van der Waals surface area contributed by atoms with Gasteiger partial charge in [0.05, 0.1) is 16.7 Å². The second kappa shape index (κ2) is 7.72. The van der Waals surface area contributed by atoms with Crippen molar-refractivity contribution in [2.75, 3.05) is 0 Å². The molecular formula is C30H21N3S. The van der Waals surface area contributed by atoms with Gasteiger partial charge in [0.25, 0.3) is 0 Å². The van der Waals surface area contributed by atoms with Gasteiger partial charge in [0.15, 0.2) is 0 Å². The second-order valence-corrected chi connectivity index (χ2v) is 9.46. The second-order valence-electron chi connectivity index (χ2n) is 8.52. The summed E-state index contributed by atoms with van der Waals surface area (Å²) in [7, 11) is 0. The molecule has 3 heterocycles. The number of nitrogens with one attached hydrogen (secondary N) is 1. The predicted molar refractivity (Wildman–Crippen MR) is 144 cm³/mol. The van der Waals surface area contributed by atoms with Crippen LogP contribution in [0.5, 0.6) is 0 Å². The van der Waals surface area contributed by atoms with E-state index < -0.39 is 0 Å². The molecule has 1 aliphatic heterocycles. The molecule has 7 rings (SSSR count). The minimum Gasteiger partial charge on any atom is -0.345 e. The van der Waals surface area contributed by atoms with Crippen LogP contribution in [-0.4, -0.2) is 10.4 Å². The fourth-order valence-electron chi connectivity index (χ4n) is 5.06. The number of hydrogen-bond acceptors (Lipinski definition) is 3. The molecule has 34 heavy (non-hydrogen) atoms. The highest BCUT2D eigenvalue weighted by atomic mass is 32.1. The summed E-state index contributed by atoms with van der Waals surface area (Å²) >= 11 is 1.79. The number of para-hydroxylation sites is 1. The number of aliphatic imine (C=N–C) groups is 1. The number of thiophene rings is 1. The average Bonchev–Trinajstić information content (AvgIpc) is 3.52. The van der Waals surface area contributed by atoms with Gasteiger partial charge in [-0.05, 0) is 35.2 Å². The van der Waals surface area contributed by atoms with Crippen molar-refractivity contribution in [2.24, 2.45) is 4.99 Å². The Labute approximate surface area is 201 Å². The van der Waals surface area contributed by atoms with Gasteiger partial charge in [0.2, 0.25) is 0 Å². The smallest absolute Gasteiger partial charge is 0.133 e. The molecule has 4 aromatic carbocycles. The number of rotatable bonds is 3. The maximum atomic E-state index is 5.24. The number of benzene rings is 4. The number of nitrogens with zero attached hydrogens (tertiary/aromatic N) is 2. The number of amidine groups is 1. The van der Waals surface area contributed by atoms with Crippen LogP contribution in [0.4, 0.5) is 0 Å². The minimum atomic E-state index is -0.130. The fraction of sp³-hybridized carbons (Fsp3) is 0.0333. The third-order valence-electron chi connectivity index (χ3n) is 6.58. The summed E-state index contributed by atoms with van der Waals surface area (Å²) in [5.41, 5.74) is 5.78. The molecule has 1 N–H and O–H groups in total. The summed E-state index contributed by atoms with van der Waals surface area (Å²) in [6.45, 7) is 0. The maximum Gasteiger partial charge on any atom is 0.133 e. The number of fused-ring (bicyclic) bond motifs is 5. The van der Waals surface area contributed by atoms with Gasteiger partial charge in [-0.15, -0.1) is 11.3 Å². The monoisotopic (exact) mass is 455 g/mol. The van der Waals surface area contributed by atoms with Crippen LogP contribution in [0.3, 0.4) is 0 Å². The number of hydrogen-bond donors (Lipinski definition) is 1. The van der Waals surface area contributed by atoms with Crippen LogP contribution in [0.2, 0.25) is 0 Å². The molecule has 162 valence electrons. The van der Waals surface area contributed by atoms with E-state index in [0.29, 0.717) is 0 Å². The van der Waals surface area contributed by atoms with Crippen LogP contribution in [0.15, 0.2) is 120 Å². The van der Waals surface area contributed by atoms with E-state index in [-0.39, 0.29) is 6.04 Å². The zero-order valence-corrected chi connectivity index (χ0v) is 19.2. The molecule has 0 spiro atoms. The highest BCUT2D eigenvalue weighted by Gasteiger charge is 2.26. The summed E-state index contributed by atoms with van der Waals surface area (Å²) in [6.07, 6.45) is 2.14. The van der Waals surface area contributed by atoms with Crippen molar-refractivity contribution in [3.63, 3.8) is 0 Å². The molecule has 0 fully saturated rings. The zero-order chi connectivity index (χ0) is 22.5. The molecule has 1 atom stereocenters. The SMILES string of the molecule is C1=C(n2c3ccccc3c3c4ccsc4ccc32)C(c2ccccc2)N=C(c2ccccc2)N1. The summed E-state index contributed by atoms with van der Waals surface area (Å²) in [5, 5.41) is 9.57. The summed E-state index contributed by atoms with van der Waals surface area (Å²) in [6, 6.07) is 36.2. The maximum absolute atomic E-state index is 5.24. The van der Waals surface area contributed by atoms with Crippen molar-refractivity contribution in [2.45, 2.75) is 6.04 Å². The van der Waals surface area contributed by atoms with Crippen LogP contribution in [0, 0.1) is 0 Å². The van der Waals surface area contributed by atoms with E-state index in [1.807, 2.05) is 6.07 Å². The molecule has 4 heteroatoms. The first-order valence-electron chi connectivity index (χ1n) is 11.4. The molecule has 2 aromatic heterocycles. The Morgan fingerprint density at radius 3 is 2.32 bits per heavy atom. The predicted octanol–water partition coefficient (Wildman–Crippen LogP) is 7.60. The topological polar surface area (TPSA) is 29.3 Å². The summed E-state index contributed by atoms with van der Waals surface area (Å²) in [4.78, 5) is 5.24. The van der Waals surface area contributed by atoms with Gasteiger partial charge in [-0.1, -0.05) is 78.9 Å². The van der Waals surface area contributed by atoms with E-state index in [1.54, 1.807) is 11.3 Å². The Bertz CT molecular complexity index is 1720. The average molecular weight is 456 g/mol. The third-order valence-corrected chi connectivity index (χ3v) is 7.47. The first kappa shape index (κ1) is 19.3. The van der Waals surface area contributed by atoms with Crippen LogP contribution >= 0.6 is 11.3 Å². The van der Waals surface area contributed by atoms with Crippen molar-refractivity contribution in [3.05, 3.63) is 126 Å². The molecule has 6 aromatic rings. The molecule has 0 amide bonds. The largest absolute Gasteiger partial charge is 0.345 e. The van der Waals surface area contributed by atoms with E-state index in [0.717, 1.165) is 17.1 Å². The lowest BCUT2D eigenvalue weighted by atomic mass is 10.0. The summed E-state index contributed by atoms with van der Waals surface area (Å²) in [5.74, 6) is 0.888. The quantitative estimate of drug-likeness (QED) is 0.292. The van der Waals surface area contributed by atoms with Crippen molar-refractivity contribution in [3.8, 4) is 0 Å². The van der Waals surface area contributed by atoms with E-state index in [2.05, 4.69) is 119 Å². The molecule has 0 bridgehead atoms. The molecular weight excluding hydrogens is 434 g/mol. The molecule has 0 saturated heterocycles. The van der Waals surface area contributed by atoms with Gasteiger partial charge in [0.1, 0.15) is 11.9 Å². The lowest BCUT2D eigenvalue weighted by Gasteiger charge is -2.26. The first-order valence-corrected chi connectivity index (χ1v) is 12.3. The van der Waals surface area contributed by atoms with E-state index in [9.17, 15) is 0 Å².